The highest BCUT2D eigenvalue weighted by Crippen LogP contribution is 2.21. The van der Waals surface area contributed by atoms with E-state index in [1.165, 1.54) is 18.4 Å². The molecule has 3 N–H and O–H groups in total. The van der Waals surface area contributed by atoms with Crippen molar-refractivity contribution >= 4 is 22.4 Å². The summed E-state index contributed by atoms with van der Waals surface area (Å²) in [5.74, 6) is 5.35. The predicted molar refractivity (Wildman–Crippen MR) is 82.9 cm³/mol. The highest BCUT2D eigenvalue weighted by molar-refractivity contribution is 7.16. The van der Waals surface area contributed by atoms with Crippen LogP contribution in [0.15, 0.2) is 36.5 Å². The fourth-order valence-electron chi connectivity index (χ4n) is 1.72. The molecule has 1 amide bonds. The Morgan fingerprint density at radius 3 is 2.90 bits per heavy atom. The Hall–Kier alpha value is -2.20. The van der Waals surface area contributed by atoms with Gasteiger partial charge in [-0.3, -0.25) is 10.1 Å². The van der Waals surface area contributed by atoms with Crippen molar-refractivity contribution in [1.82, 2.24) is 4.98 Å². The molecule has 1 unspecified atom stereocenters. The number of rotatable bonds is 4. The van der Waals surface area contributed by atoms with Gasteiger partial charge in [0.15, 0.2) is 11.2 Å². The molecule has 5 nitrogen and oxygen atoms in total. The smallest absolute Gasteiger partial charge is 0.259 e. The van der Waals surface area contributed by atoms with E-state index < -0.39 is 6.10 Å². The summed E-state index contributed by atoms with van der Waals surface area (Å²) in [5.41, 5.74) is 6.10. The van der Waals surface area contributed by atoms with E-state index in [-0.39, 0.29) is 5.91 Å². The van der Waals surface area contributed by atoms with Gasteiger partial charge in [-0.1, -0.05) is 53.5 Å². The van der Waals surface area contributed by atoms with Crippen LogP contribution in [-0.4, -0.2) is 24.5 Å². The van der Waals surface area contributed by atoms with Gasteiger partial charge < -0.3 is 10.5 Å². The van der Waals surface area contributed by atoms with Crippen molar-refractivity contribution in [3.8, 4) is 11.8 Å². The Morgan fingerprint density at radius 1 is 1.48 bits per heavy atom. The lowest BCUT2D eigenvalue weighted by molar-refractivity contribution is -0.126. The van der Waals surface area contributed by atoms with E-state index in [0.29, 0.717) is 11.7 Å². The Kier molecular flexibility index (Phi) is 5.46. The zero-order valence-electron chi connectivity index (χ0n) is 11.5. The maximum Gasteiger partial charge on any atom is 0.259 e. The molecular weight excluding hydrogens is 286 g/mol. The first-order valence-corrected chi connectivity index (χ1v) is 7.09. The highest BCUT2D eigenvalue weighted by atomic mass is 32.1. The van der Waals surface area contributed by atoms with Crippen LogP contribution in [0.25, 0.3) is 0 Å². The van der Waals surface area contributed by atoms with Crippen LogP contribution in [0.2, 0.25) is 0 Å². The predicted octanol–water partition coefficient (Wildman–Crippen LogP) is 1.78. The molecule has 0 aliphatic carbocycles. The van der Waals surface area contributed by atoms with Crippen molar-refractivity contribution in [2.45, 2.75) is 6.10 Å². The van der Waals surface area contributed by atoms with Gasteiger partial charge in [0.1, 0.15) is 0 Å². The first-order chi connectivity index (χ1) is 10.2. The molecule has 2 aromatic rings. The van der Waals surface area contributed by atoms with Crippen LogP contribution in [0.3, 0.4) is 0 Å². The third-order valence-corrected chi connectivity index (χ3v) is 3.45. The van der Waals surface area contributed by atoms with Crippen molar-refractivity contribution in [2.75, 3.05) is 19.0 Å². The van der Waals surface area contributed by atoms with Crippen LogP contribution in [0.1, 0.15) is 16.5 Å². The molecule has 1 aromatic heterocycles. The molecule has 0 aliphatic rings. The summed E-state index contributed by atoms with van der Waals surface area (Å²) in [4.78, 5) is 17.1. The molecule has 0 fully saturated rings. The van der Waals surface area contributed by atoms with Gasteiger partial charge >= 0.3 is 0 Å². The largest absolute Gasteiger partial charge is 0.367 e. The van der Waals surface area contributed by atoms with Crippen molar-refractivity contribution in [1.29, 1.82) is 0 Å². The van der Waals surface area contributed by atoms with Gasteiger partial charge in [0.05, 0.1) is 17.6 Å². The normalized spacial score (nSPS) is 11.3. The van der Waals surface area contributed by atoms with E-state index in [9.17, 15) is 4.79 Å². The van der Waals surface area contributed by atoms with E-state index >= 15 is 0 Å². The molecule has 108 valence electrons. The van der Waals surface area contributed by atoms with Crippen LogP contribution in [0.5, 0.6) is 0 Å². The zero-order valence-corrected chi connectivity index (χ0v) is 12.3. The van der Waals surface area contributed by atoms with Crippen molar-refractivity contribution < 1.29 is 9.53 Å². The molecule has 0 saturated heterocycles. The van der Waals surface area contributed by atoms with E-state index in [1.54, 1.807) is 6.20 Å². The Balaban J connectivity index is 2.08. The Morgan fingerprint density at radius 2 is 2.24 bits per heavy atom. The summed E-state index contributed by atoms with van der Waals surface area (Å²) in [6.45, 7) is 0.291. The lowest BCUT2D eigenvalue weighted by Gasteiger charge is -2.14. The number of nitrogens with zero attached hydrogens (tertiary/aromatic N) is 1. The molecule has 1 aromatic carbocycles. The first-order valence-electron chi connectivity index (χ1n) is 6.28. The molecule has 1 heterocycles. The second-order valence-electron chi connectivity index (χ2n) is 4.05. The number of carbonyl (C=O) groups excluding carboxylic acids is 1. The standard InChI is InChI=1S/C15H15N3O2S/c1-20-13(11-6-3-2-4-7-11)14(19)18-15-17-10-12(21-15)8-5-9-16/h2-4,6-7,10,13H,9,16H2,1H3,(H,17,18,19). The Bertz CT molecular complexity index is 658. The topological polar surface area (TPSA) is 77.2 Å². The average Bonchev–Trinajstić information content (AvgIpc) is 2.94. The van der Waals surface area contributed by atoms with E-state index in [4.69, 9.17) is 10.5 Å². The summed E-state index contributed by atoms with van der Waals surface area (Å²) in [7, 11) is 1.50. The molecule has 2 rings (SSSR count). The molecule has 0 spiro atoms. The molecule has 0 radical (unpaired) electrons. The second-order valence-corrected chi connectivity index (χ2v) is 5.08. The number of thiazole rings is 1. The number of amides is 1. The van der Waals surface area contributed by atoms with E-state index in [0.717, 1.165) is 10.4 Å². The number of nitrogens with two attached hydrogens (primary N) is 1. The van der Waals surface area contributed by atoms with E-state index in [2.05, 4.69) is 22.1 Å². The summed E-state index contributed by atoms with van der Waals surface area (Å²) < 4.78 is 5.26. The summed E-state index contributed by atoms with van der Waals surface area (Å²) >= 11 is 1.30. The second kappa shape index (κ2) is 7.55. The third-order valence-electron chi connectivity index (χ3n) is 2.63. The maximum absolute atomic E-state index is 12.2. The lowest BCUT2D eigenvalue weighted by Crippen LogP contribution is -2.22. The van der Waals surface area contributed by atoms with Gasteiger partial charge in [-0.15, -0.1) is 0 Å². The fourth-order valence-corrected chi connectivity index (χ4v) is 2.42. The summed E-state index contributed by atoms with van der Waals surface area (Å²) in [5, 5.41) is 3.22. The Labute approximate surface area is 127 Å². The fraction of sp³-hybridized carbons (Fsp3) is 0.200. The molecule has 0 aliphatic heterocycles. The van der Waals surface area contributed by atoms with Crippen molar-refractivity contribution in [2.24, 2.45) is 5.73 Å². The lowest BCUT2D eigenvalue weighted by atomic mass is 10.1. The van der Waals surface area contributed by atoms with Crippen LogP contribution >= 0.6 is 11.3 Å². The van der Waals surface area contributed by atoms with Crippen molar-refractivity contribution in [3.05, 3.63) is 47.0 Å². The quantitative estimate of drug-likeness (QED) is 0.844. The number of carbonyl (C=O) groups is 1. The average molecular weight is 301 g/mol. The molecule has 0 saturated carbocycles. The molecule has 6 heteroatoms. The first kappa shape index (κ1) is 15.2. The highest BCUT2D eigenvalue weighted by Gasteiger charge is 2.20. The van der Waals surface area contributed by atoms with Gasteiger partial charge in [0.2, 0.25) is 0 Å². The minimum atomic E-state index is -0.673. The SMILES string of the molecule is COC(C(=O)Nc1ncc(C#CCN)s1)c1ccccc1. The minimum Gasteiger partial charge on any atom is -0.367 e. The van der Waals surface area contributed by atoms with Gasteiger partial charge in [-0.05, 0) is 5.56 Å². The van der Waals surface area contributed by atoms with Crippen LogP contribution in [0, 0.1) is 11.8 Å². The summed E-state index contributed by atoms with van der Waals surface area (Å²) in [6.07, 6.45) is 0.932. The van der Waals surface area contributed by atoms with E-state index in [1.807, 2.05) is 30.3 Å². The zero-order chi connectivity index (χ0) is 15.1. The number of ether oxygens (including phenoxy) is 1. The number of aromatic nitrogens is 1. The number of nitrogens with one attached hydrogen (secondary N) is 1. The van der Waals surface area contributed by atoms with Crippen molar-refractivity contribution in [3.63, 3.8) is 0 Å². The number of hydrogen-bond donors (Lipinski definition) is 2. The van der Waals surface area contributed by atoms with Gasteiger partial charge in [0.25, 0.3) is 5.91 Å². The maximum atomic E-state index is 12.2. The monoisotopic (exact) mass is 301 g/mol. The van der Waals surface area contributed by atoms with Gasteiger partial charge in [-0.25, -0.2) is 4.98 Å². The number of methoxy groups -OCH3 is 1. The number of hydrogen-bond acceptors (Lipinski definition) is 5. The van der Waals surface area contributed by atoms with Gasteiger partial charge in [-0.2, -0.15) is 0 Å². The van der Waals surface area contributed by atoms with Crippen LogP contribution in [0.4, 0.5) is 5.13 Å². The molecule has 21 heavy (non-hydrogen) atoms. The molecule has 1 atom stereocenters. The number of anilines is 1. The molecule has 0 bridgehead atoms. The number of benzene rings is 1. The minimum absolute atomic E-state index is 0.267. The van der Waals surface area contributed by atoms with Crippen LogP contribution in [-0.2, 0) is 9.53 Å². The van der Waals surface area contributed by atoms with Gasteiger partial charge in [0, 0.05) is 7.11 Å². The summed E-state index contributed by atoms with van der Waals surface area (Å²) in [6, 6.07) is 9.29. The van der Waals surface area contributed by atoms with Crippen LogP contribution < -0.4 is 11.1 Å². The molecular formula is C15H15N3O2S. The third kappa shape index (κ3) is 4.13.